The van der Waals surface area contributed by atoms with E-state index in [9.17, 15) is 0 Å². The molecule has 0 aliphatic carbocycles. The molecule has 1 nitrogen and oxygen atoms in total. The van der Waals surface area contributed by atoms with Gasteiger partial charge in [-0.2, -0.15) is 0 Å². The van der Waals surface area contributed by atoms with Gasteiger partial charge >= 0.3 is 0 Å². The molecule has 1 unspecified atom stereocenters. The van der Waals surface area contributed by atoms with E-state index in [1.165, 1.54) is 12.0 Å². The van der Waals surface area contributed by atoms with E-state index in [2.05, 4.69) is 59.7 Å². The van der Waals surface area contributed by atoms with Crippen LogP contribution >= 0.6 is 0 Å². The van der Waals surface area contributed by atoms with Crippen LogP contribution in [0.3, 0.4) is 0 Å². The second kappa shape index (κ2) is 5.98. The van der Waals surface area contributed by atoms with Gasteiger partial charge in [0.2, 0.25) is 0 Å². The maximum atomic E-state index is 5.64. The fourth-order valence-electron chi connectivity index (χ4n) is 2.52. The van der Waals surface area contributed by atoms with Gasteiger partial charge in [0.05, 0.1) is 6.61 Å². The molecule has 0 saturated carbocycles. The third-order valence-corrected chi connectivity index (χ3v) is 3.43. The lowest BCUT2D eigenvalue weighted by Gasteiger charge is -2.36. The van der Waals surface area contributed by atoms with E-state index in [-0.39, 0.29) is 5.41 Å². The first-order valence-electron chi connectivity index (χ1n) is 7.36. The van der Waals surface area contributed by atoms with Crippen LogP contribution in [-0.2, 0) is 0 Å². The zero-order chi connectivity index (χ0) is 14.7. The molecular weight excluding hydrogens is 232 g/mol. The second-order valence-corrected chi connectivity index (χ2v) is 7.69. The largest absolute Gasteiger partial charge is 0.494 e. The Morgan fingerprint density at radius 1 is 1.05 bits per heavy atom. The van der Waals surface area contributed by atoms with Gasteiger partial charge in [-0.3, -0.25) is 0 Å². The Labute approximate surface area is 119 Å². The van der Waals surface area contributed by atoms with Crippen LogP contribution in [0.1, 0.15) is 66.4 Å². The van der Waals surface area contributed by atoms with Crippen LogP contribution < -0.4 is 4.74 Å². The van der Waals surface area contributed by atoms with Gasteiger partial charge < -0.3 is 4.74 Å². The zero-order valence-electron chi connectivity index (χ0n) is 13.7. The van der Waals surface area contributed by atoms with Crippen LogP contribution in [0, 0.1) is 10.8 Å². The van der Waals surface area contributed by atoms with E-state index in [0.29, 0.717) is 11.3 Å². The van der Waals surface area contributed by atoms with Crippen LogP contribution in [-0.4, -0.2) is 6.61 Å². The molecule has 1 atom stereocenters. The SMILES string of the molecule is CCOc1cccc(C(CC(C)(C)C)C(C)(C)C)c1. The lowest BCUT2D eigenvalue weighted by Crippen LogP contribution is -2.23. The summed E-state index contributed by atoms with van der Waals surface area (Å²) < 4.78 is 5.64. The molecule has 0 heterocycles. The second-order valence-electron chi connectivity index (χ2n) is 7.69. The summed E-state index contributed by atoms with van der Waals surface area (Å²) in [5.41, 5.74) is 1.99. The van der Waals surface area contributed by atoms with Gasteiger partial charge in [-0.15, -0.1) is 0 Å². The van der Waals surface area contributed by atoms with Crippen molar-refractivity contribution in [2.24, 2.45) is 10.8 Å². The van der Waals surface area contributed by atoms with E-state index in [4.69, 9.17) is 4.74 Å². The average Bonchev–Trinajstić information content (AvgIpc) is 2.24. The highest BCUT2D eigenvalue weighted by Crippen LogP contribution is 2.43. The normalized spacial score (nSPS) is 14.3. The van der Waals surface area contributed by atoms with Crippen molar-refractivity contribution in [2.75, 3.05) is 6.61 Å². The Morgan fingerprint density at radius 2 is 1.68 bits per heavy atom. The fraction of sp³-hybridized carbons (Fsp3) is 0.667. The van der Waals surface area contributed by atoms with Gasteiger partial charge in [-0.25, -0.2) is 0 Å². The van der Waals surface area contributed by atoms with Crippen molar-refractivity contribution in [3.05, 3.63) is 29.8 Å². The highest BCUT2D eigenvalue weighted by atomic mass is 16.5. The van der Waals surface area contributed by atoms with Crippen molar-refractivity contribution < 1.29 is 4.74 Å². The van der Waals surface area contributed by atoms with Crippen LogP contribution in [0.4, 0.5) is 0 Å². The maximum Gasteiger partial charge on any atom is 0.119 e. The molecule has 0 N–H and O–H groups in total. The van der Waals surface area contributed by atoms with Crippen LogP contribution in [0.5, 0.6) is 5.75 Å². The molecule has 0 fully saturated rings. The van der Waals surface area contributed by atoms with Crippen LogP contribution in [0.2, 0.25) is 0 Å². The van der Waals surface area contributed by atoms with E-state index < -0.39 is 0 Å². The molecule has 1 rings (SSSR count). The topological polar surface area (TPSA) is 9.23 Å². The summed E-state index contributed by atoms with van der Waals surface area (Å²) in [6.07, 6.45) is 1.19. The minimum Gasteiger partial charge on any atom is -0.494 e. The molecule has 0 aromatic heterocycles. The Bertz CT molecular complexity index is 393. The lowest BCUT2D eigenvalue weighted by molar-refractivity contribution is 0.228. The minimum absolute atomic E-state index is 0.262. The first-order valence-corrected chi connectivity index (χ1v) is 7.36. The van der Waals surface area contributed by atoms with Gasteiger partial charge in [0.1, 0.15) is 5.75 Å². The van der Waals surface area contributed by atoms with Crippen molar-refractivity contribution in [3.63, 3.8) is 0 Å². The molecule has 0 saturated heterocycles. The van der Waals surface area contributed by atoms with E-state index in [0.717, 1.165) is 12.4 Å². The zero-order valence-corrected chi connectivity index (χ0v) is 13.7. The third kappa shape index (κ3) is 5.26. The number of hydrogen-bond acceptors (Lipinski definition) is 1. The molecule has 0 spiro atoms. The Hall–Kier alpha value is -0.980. The van der Waals surface area contributed by atoms with E-state index >= 15 is 0 Å². The molecule has 0 radical (unpaired) electrons. The highest BCUT2D eigenvalue weighted by Gasteiger charge is 2.30. The molecule has 1 heteroatoms. The standard InChI is InChI=1S/C18H30O/c1-8-19-15-11-9-10-14(12-15)16(18(5,6)7)13-17(2,3)4/h9-12,16H,8,13H2,1-7H3. The number of ether oxygens (including phenoxy) is 1. The summed E-state index contributed by atoms with van der Waals surface area (Å²) in [7, 11) is 0. The smallest absolute Gasteiger partial charge is 0.119 e. The quantitative estimate of drug-likeness (QED) is 0.681. The van der Waals surface area contributed by atoms with Crippen molar-refractivity contribution >= 4 is 0 Å². The monoisotopic (exact) mass is 262 g/mol. The van der Waals surface area contributed by atoms with Crippen molar-refractivity contribution in [1.29, 1.82) is 0 Å². The van der Waals surface area contributed by atoms with Gasteiger partial charge in [-0.1, -0.05) is 53.7 Å². The number of benzene rings is 1. The Kier molecular flexibility index (Phi) is 5.06. The predicted octanol–water partition coefficient (Wildman–Crippen LogP) is 5.65. The highest BCUT2D eigenvalue weighted by molar-refractivity contribution is 5.32. The third-order valence-electron chi connectivity index (χ3n) is 3.43. The predicted molar refractivity (Wildman–Crippen MR) is 83.9 cm³/mol. The fourth-order valence-corrected chi connectivity index (χ4v) is 2.52. The minimum atomic E-state index is 0.262. The molecule has 19 heavy (non-hydrogen) atoms. The summed E-state index contributed by atoms with van der Waals surface area (Å²) in [6.45, 7) is 16.7. The molecule has 0 aliphatic rings. The summed E-state index contributed by atoms with van der Waals surface area (Å²) in [4.78, 5) is 0. The van der Waals surface area contributed by atoms with Gasteiger partial charge in [0, 0.05) is 0 Å². The first-order chi connectivity index (χ1) is 8.63. The number of rotatable bonds is 4. The van der Waals surface area contributed by atoms with Crippen LogP contribution in [0.15, 0.2) is 24.3 Å². The molecule has 0 amide bonds. The van der Waals surface area contributed by atoms with Crippen molar-refractivity contribution in [1.82, 2.24) is 0 Å². The van der Waals surface area contributed by atoms with Crippen molar-refractivity contribution in [2.45, 2.75) is 60.8 Å². The molecule has 108 valence electrons. The Balaban J connectivity index is 3.07. The van der Waals surface area contributed by atoms with Gasteiger partial charge in [-0.05, 0) is 47.8 Å². The molecule has 0 aliphatic heterocycles. The molecule has 1 aromatic rings. The van der Waals surface area contributed by atoms with Gasteiger partial charge in [0.15, 0.2) is 0 Å². The van der Waals surface area contributed by atoms with Crippen LogP contribution in [0.25, 0.3) is 0 Å². The molecule has 0 bridgehead atoms. The number of hydrogen-bond donors (Lipinski definition) is 0. The lowest BCUT2D eigenvalue weighted by atomic mass is 9.69. The molecule has 1 aromatic carbocycles. The Morgan fingerprint density at radius 3 is 2.16 bits per heavy atom. The average molecular weight is 262 g/mol. The maximum absolute atomic E-state index is 5.64. The van der Waals surface area contributed by atoms with E-state index in [1.807, 2.05) is 13.0 Å². The first kappa shape index (κ1) is 16.1. The van der Waals surface area contributed by atoms with Gasteiger partial charge in [0.25, 0.3) is 0 Å². The van der Waals surface area contributed by atoms with Crippen molar-refractivity contribution in [3.8, 4) is 5.75 Å². The summed E-state index contributed by atoms with van der Waals surface area (Å²) >= 11 is 0. The van der Waals surface area contributed by atoms with E-state index in [1.54, 1.807) is 0 Å². The summed E-state index contributed by atoms with van der Waals surface area (Å²) in [6, 6.07) is 8.61. The summed E-state index contributed by atoms with van der Waals surface area (Å²) in [5, 5.41) is 0. The molecular formula is C18H30O. The summed E-state index contributed by atoms with van der Waals surface area (Å²) in [5.74, 6) is 1.54.